The largest absolute Gasteiger partial charge is 0.392 e. The van der Waals surface area contributed by atoms with Gasteiger partial charge in [0.25, 0.3) is 0 Å². The van der Waals surface area contributed by atoms with Crippen LogP contribution in [0.2, 0.25) is 0 Å². The molecule has 0 aromatic heterocycles. The molecule has 1 aliphatic heterocycles. The molecule has 0 saturated carbocycles. The van der Waals surface area contributed by atoms with Crippen molar-refractivity contribution in [3.05, 3.63) is 12.2 Å². The van der Waals surface area contributed by atoms with Crippen molar-refractivity contribution < 1.29 is 62.6 Å². The van der Waals surface area contributed by atoms with E-state index >= 15 is 0 Å². The minimum absolute atomic E-state index is 0.0802. The summed E-state index contributed by atoms with van der Waals surface area (Å²) in [5.41, 5.74) is 0. The van der Waals surface area contributed by atoms with Gasteiger partial charge in [0.2, 0.25) is 35.4 Å². The first kappa shape index (κ1) is 79.3. The van der Waals surface area contributed by atoms with Gasteiger partial charge in [-0.15, -0.1) is 0 Å². The monoisotopic (exact) mass is 1220 g/mol. The van der Waals surface area contributed by atoms with Gasteiger partial charge in [-0.3, -0.25) is 52.7 Å². The molecule has 20 nitrogen and oxygen atoms in total. The number of likely N-dealkylation sites (N-methyl/N-ethyl adjacent to an activating group) is 4. The molecule has 0 spiro atoms. The Labute approximate surface area is 521 Å². The fourth-order valence-electron chi connectivity index (χ4n) is 11.8. The summed E-state index contributed by atoms with van der Waals surface area (Å²) in [4.78, 5) is 165. The maximum absolute atomic E-state index is 14.9. The lowest BCUT2D eigenvalue weighted by Crippen LogP contribution is -2.53. The number of hydrogen-bond acceptors (Lipinski definition) is 14. The molecular formula is C67H113N7O13. The number of hydrogen-bond donors (Lipinski definition) is 3. The SMILES string of the molecule is C/C=C/C[C@@H](C)[C@@H](O)[C@@H]1CC(=O)[C@H](C(C)C)N(C)C(=O)[C@H](CC(C)C)CC(=O)[C@H](CC(C)C)N(C)C(=O)[C@@H](C)NC(=O)[C@H](C)CC(=O)[C@H](CC(C)C)N(C)C(=O)[C@H](C(C)C)CC(=O)[C@H]([C@@H](C)OCCCCC#N)N(C)C(=O)CCC(=O)[C@H](CC)NC1=O. The smallest absolute Gasteiger partial charge is 0.245 e. The predicted molar refractivity (Wildman–Crippen MR) is 336 cm³/mol. The van der Waals surface area contributed by atoms with Crippen LogP contribution in [0.15, 0.2) is 12.2 Å². The van der Waals surface area contributed by atoms with Gasteiger partial charge in [-0.05, 0) is 101 Å². The van der Waals surface area contributed by atoms with Gasteiger partial charge in [0.1, 0.15) is 12.1 Å². The Bertz CT molecular complexity index is 2380. The number of amides is 6. The number of ether oxygens (including phenoxy) is 1. The molecule has 1 aliphatic rings. The van der Waals surface area contributed by atoms with Crippen LogP contribution in [0.5, 0.6) is 0 Å². The molecule has 0 aliphatic carbocycles. The van der Waals surface area contributed by atoms with Crippen LogP contribution in [-0.4, -0.2) is 172 Å². The molecule has 0 aromatic rings. The van der Waals surface area contributed by atoms with Gasteiger partial charge in [-0.25, -0.2) is 0 Å². The normalized spacial score (nSPS) is 26.8. The van der Waals surface area contributed by atoms with Crippen molar-refractivity contribution in [3.63, 3.8) is 0 Å². The van der Waals surface area contributed by atoms with E-state index in [0.717, 1.165) is 0 Å². The molecule has 1 rings (SSSR count). The second-order valence-electron chi connectivity index (χ2n) is 26.8. The fraction of sp³-hybridized carbons (Fsp3) is 0.791. The topological polar surface area (TPSA) is 278 Å². The summed E-state index contributed by atoms with van der Waals surface area (Å²) in [5.74, 6) is -12.0. The highest BCUT2D eigenvalue weighted by molar-refractivity contribution is 5.99. The van der Waals surface area contributed by atoms with Gasteiger partial charge in [0.05, 0.1) is 48.4 Å². The molecule has 494 valence electrons. The highest BCUT2D eigenvalue weighted by Crippen LogP contribution is 2.30. The van der Waals surface area contributed by atoms with Gasteiger partial charge in [-0.1, -0.05) is 102 Å². The first-order valence-electron chi connectivity index (χ1n) is 32.1. The van der Waals surface area contributed by atoms with Crippen LogP contribution >= 0.6 is 0 Å². The number of ketones is 5. The van der Waals surface area contributed by atoms with E-state index in [1.807, 2.05) is 54.5 Å². The summed E-state index contributed by atoms with van der Waals surface area (Å²) in [6.07, 6.45) is 1.55. The van der Waals surface area contributed by atoms with E-state index < -0.39 is 161 Å². The Morgan fingerprint density at radius 1 is 0.598 bits per heavy atom. The van der Waals surface area contributed by atoms with Crippen LogP contribution < -0.4 is 10.6 Å². The van der Waals surface area contributed by atoms with Gasteiger partial charge >= 0.3 is 0 Å². The average molecular weight is 1220 g/mol. The highest BCUT2D eigenvalue weighted by Gasteiger charge is 2.43. The molecule has 0 radical (unpaired) electrons. The Hall–Kier alpha value is -5.68. The van der Waals surface area contributed by atoms with E-state index in [9.17, 15) is 57.8 Å². The van der Waals surface area contributed by atoms with E-state index in [-0.39, 0.29) is 88.6 Å². The van der Waals surface area contributed by atoms with Gasteiger partial charge < -0.3 is 40.1 Å². The fourth-order valence-corrected chi connectivity index (χ4v) is 11.8. The maximum Gasteiger partial charge on any atom is 0.245 e. The zero-order valence-electron chi connectivity index (χ0n) is 56.7. The first-order valence-corrected chi connectivity index (χ1v) is 32.1. The third-order valence-corrected chi connectivity index (χ3v) is 17.1. The number of unbranched alkanes of at least 4 members (excludes halogenated alkanes) is 2. The van der Waals surface area contributed by atoms with Crippen molar-refractivity contribution in [2.75, 3.05) is 34.8 Å². The van der Waals surface area contributed by atoms with E-state index in [4.69, 9.17) is 10.00 Å². The summed E-state index contributed by atoms with van der Waals surface area (Å²) in [7, 11) is 5.87. The van der Waals surface area contributed by atoms with E-state index in [1.165, 1.54) is 54.7 Å². The van der Waals surface area contributed by atoms with Crippen LogP contribution in [0.3, 0.4) is 0 Å². The number of aliphatic hydroxyl groups is 1. The quantitative estimate of drug-likeness (QED) is 0.0819. The summed E-state index contributed by atoms with van der Waals surface area (Å²) in [6, 6.07) is -4.61. The molecular weight excluding hydrogens is 1110 g/mol. The highest BCUT2D eigenvalue weighted by atomic mass is 16.5. The second-order valence-corrected chi connectivity index (χ2v) is 26.8. The minimum atomic E-state index is -1.39. The predicted octanol–water partition coefficient (Wildman–Crippen LogP) is 7.89. The van der Waals surface area contributed by atoms with E-state index in [0.29, 0.717) is 19.3 Å². The number of nitriles is 1. The number of Topliss-reactive ketones (excluding diaryl/α,β-unsaturated/α-hetero) is 5. The van der Waals surface area contributed by atoms with Gasteiger partial charge in [-0.2, -0.15) is 5.26 Å². The molecule has 1 saturated heterocycles. The number of allylic oxidation sites excluding steroid dienone is 2. The average Bonchev–Trinajstić information content (AvgIpc) is 3.65. The Morgan fingerprint density at radius 3 is 1.63 bits per heavy atom. The van der Waals surface area contributed by atoms with Gasteiger partial charge in [0.15, 0.2) is 28.9 Å². The second kappa shape index (κ2) is 38.7. The molecule has 20 heteroatoms. The number of carbonyl (C=O) groups is 11. The van der Waals surface area contributed by atoms with Crippen LogP contribution in [0, 0.1) is 70.5 Å². The maximum atomic E-state index is 14.9. The molecule has 3 N–H and O–H groups in total. The molecule has 0 unspecified atom stereocenters. The van der Waals surface area contributed by atoms with Crippen molar-refractivity contribution >= 4 is 64.4 Å². The van der Waals surface area contributed by atoms with Crippen molar-refractivity contribution in [1.82, 2.24) is 30.2 Å². The number of nitrogens with zero attached hydrogens (tertiary/aromatic N) is 5. The van der Waals surface area contributed by atoms with Crippen molar-refractivity contribution in [1.29, 1.82) is 5.26 Å². The van der Waals surface area contributed by atoms with Crippen molar-refractivity contribution in [3.8, 4) is 6.07 Å². The van der Waals surface area contributed by atoms with E-state index in [2.05, 4.69) is 16.7 Å². The minimum Gasteiger partial charge on any atom is -0.392 e. The molecule has 0 aromatic carbocycles. The molecule has 6 amide bonds. The summed E-state index contributed by atoms with van der Waals surface area (Å²) in [6.45, 7) is 28.5. The molecule has 87 heavy (non-hydrogen) atoms. The van der Waals surface area contributed by atoms with Crippen molar-refractivity contribution in [2.24, 2.45) is 59.2 Å². The Morgan fingerprint density at radius 2 is 1.13 bits per heavy atom. The molecule has 0 bridgehead atoms. The third-order valence-electron chi connectivity index (χ3n) is 17.1. The molecule has 13 atom stereocenters. The zero-order chi connectivity index (χ0) is 66.9. The standard InChI is InChI=1S/C67H113N7O13/c1-21-23-27-44(13)62(81)50-38-57(78)60(43(11)12)74(20)66(85)48(32-39(3)4)36-56(77)53(34-41(7)8)71(17)65(84)46(15)69-63(82)45(14)35-55(76)52(33-40(5)6)72(18)67(86)49(42(9)10)37-58(79)61(47(16)87-31-26-24-25-30-68)73(19)59(80)29-28-54(75)51(22-2)70-64(50)83/h21,23,39-53,60-62,81H,22,24-29,31-38H2,1-20H3,(H,69,82)(H,70,83)/b23-21+/t44-,45-,46-,47-,48-,49+,50+,51+,52+,53+,60+,61+,62-/m1/s1. The van der Waals surface area contributed by atoms with Crippen LogP contribution in [0.25, 0.3) is 0 Å². The van der Waals surface area contributed by atoms with Crippen molar-refractivity contribution in [2.45, 2.75) is 249 Å². The molecule has 1 heterocycles. The number of rotatable bonds is 19. The Balaban J connectivity index is 4.23. The summed E-state index contributed by atoms with van der Waals surface area (Å²) in [5, 5.41) is 26.6. The van der Waals surface area contributed by atoms with Crippen LogP contribution in [-0.2, 0) is 57.5 Å². The van der Waals surface area contributed by atoms with Crippen LogP contribution in [0.4, 0.5) is 0 Å². The number of carbonyl (C=O) groups excluding carboxylic acids is 11. The van der Waals surface area contributed by atoms with Crippen LogP contribution in [0.1, 0.15) is 201 Å². The van der Waals surface area contributed by atoms with Gasteiger partial charge in [0, 0.05) is 97.5 Å². The molecule has 1 fully saturated rings. The zero-order valence-corrected chi connectivity index (χ0v) is 56.7. The Kier molecular flexibility index (Phi) is 35.3. The van der Waals surface area contributed by atoms with E-state index in [1.54, 1.807) is 61.5 Å². The third kappa shape index (κ3) is 25.0. The lowest BCUT2D eigenvalue weighted by atomic mass is 9.82. The lowest BCUT2D eigenvalue weighted by Gasteiger charge is -2.36. The summed E-state index contributed by atoms with van der Waals surface area (Å²) < 4.78 is 6.14. The number of nitrogens with one attached hydrogen (secondary N) is 2. The number of aliphatic hydroxyl groups excluding tert-OH is 1. The summed E-state index contributed by atoms with van der Waals surface area (Å²) >= 11 is 0. The first-order chi connectivity index (χ1) is 40.5. The lowest BCUT2D eigenvalue weighted by molar-refractivity contribution is -0.148.